The summed E-state index contributed by atoms with van der Waals surface area (Å²) >= 11 is 0. The SMILES string of the molecule is c1ccc(-n2c3ccc(-c4ccc(-c5cc6c7ccncc7n(-c7ccccc7)c6cn5)cc4)cc3c3ccncc32)cc1. The van der Waals surface area contributed by atoms with E-state index in [9.17, 15) is 0 Å². The second-order valence-electron chi connectivity index (χ2n) is 11.0. The lowest BCUT2D eigenvalue weighted by Gasteiger charge is -2.09. The summed E-state index contributed by atoms with van der Waals surface area (Å²) in [7, 11) is 0. The summed E-state index contributed by atoms with van der Waals surface area (Å²) in [6.45, 7) is 0. The molecule has 0 amide bonds. The minimum atomic E-state index is 0.946. The molecular weight excluding hydrogens is 538 g/mol. The van der Waals surface area contributed by atoms with Gasteiger partial charge < -0.3 is 9.13 Å². The van der Waals surface area contributed by atoms with Gasteiger partial charge in [-0.15, -0.1) is 0 Å². The Balaban J connectivity index is 1.13. The molecule has 9 rings (SSSR count). The lowest BCUT2D eigenvalue weighted by atomic mass is 10.0. The maximum atomic E-state index is 4.92. The third-order valence-electron chi connectivity index (χ3n) is 8.57. The minimum Gasteiger partial charge on any atom is -0.308 e. The summed E-state index contributed by atoms with van der Waals surface area (Å²) in [5.41, 5.74) is 11.0. The van der Waals surface area contributed by atoms with E-state index in [-0.39, 0.29) is 0 Å². The van der Waals surface area contributed by atoms with Crippen LogP contribution in [0.2, 0.25) is 0 Å². The molecule has 0 unspecified atom stereocenters. The van der Waals surface area contributed by atoms with Crippen LogP contribution in [0.1, 0.15) is 0 Å². The molecule has 0 aliphatic carbocycles. The quantitative estimate of drug-likeness (QED) is 0.214. The van der Waals surface area contributed by atoms with E-state index in [1.807, 2.05) is 43.1 Å². The molecule has 0 bridgehead atoms. The summed E-state index contributed by atoms with van der Waals surface area (Å²) in [6, 6.07) is 42.7. The van der Waals surface area contributed by atoms with Gasteiger partial charge >= 0.3 is 0 Å². The highest BCUT2D eigenvalue weighted by molar-refractivity contribution is 6.11. The standard InChI is InChI=1S/C39H25N5/c1-3-7-29(8-4-1)43-36-16-15-28(21-33(36)31-17-19-40-23-37(31)43)26-11-13-27(14-12-26)35-22-34-32-18-20-41-24-38(32)44(39(34)25-42-35)30-9-5-2-6-10-30/h1-25H. The van der Waals surface area contributed by atoms with Crippen LogP contribution in [0.15, 0.2) is 152 Å². The van der Waals surface area contributed by atoms with Gasteiger partial charge in [-0.05, 0) is 65.7 Å². The summed E-state index contributed by atoms with van der Waals surface area (Å²) in [5, 5.41) is 4.73. The number of benzene rings is 4. The van der Waals surface area contributed by atoms with Gasteiger partial charge in [0.15, 0.2) is 0 Å². The highest BCUT2D eigenvalue weighted by Gasteiger charge is 2.15. The minimum absolute atomic E-state index is 0.946. The van der Waals surface area contributed by atoms with E-state index in [0.717, 1.165) is 55.5 Å². The fourth-order valence-electron chi connectivity index (χ4n) is 6.51. The second-order valence-corrected chi connectivity index (χ2v) is 11.0. The monoisotopic (exact) mass is 563 g/mol. The van der Waals surface area contributed by atoms with E-state index in [4.69, 9.17) is 4.98 Å². The summed E-state index contributed by atoms with van der Waals surface area (Å²) in [5.74, 6) is 0. The van der Waals surface area contributed by atoms with Gasteiger partial charge in [0.1, 0.15) is 0 Å². The molecule has 0 aliphatic heterocycles. The third kappa shape index (κ3) is 3.76. The van der Waals surface area contributed by atoms with E-state index in [1.165, 1.54) is 21.9 Å². The van der Waals surface area contributed by atoms with Crippen LogP contribution in [0.25, 0.3) is 77.4 Å². The highest BCUT2D eigenvalue weighted by atomic mass is 15.0. The van der Waals surface area contributed by atoms with Gasteiger partial charge in [-0.3, -0.25) is 15.0 Å². The average molecular weight is 564 g/mol. The Morgan fingerprint density at radius 2 is 0.909 bits per heavy atom. The molecule has 0 saturated heterocycles. The highest BCUT2D eigenvalue weighted by Crippen LogP contribution is 2.36. The Bertz CT molecular complexity index is 2300. The predicted octanol–water partition coefficient (Wildman–Crippen LogP) is 9.40. The van der Waals surface area contributed by atoms with Crippen molar-refractivity contribution in [2.24, 2.45) is 0 Å². The fourth-order valence-corrected chi connectivity index (χ4v) is 6.51. The Morgan fingerprint density at radius 3 is 1.55 bits per heavy atom. The van der Waals surface area contributed by atoms with Crippen molar-refractivity contribution >= 4 is 43.6 Å². The maximum Gasteiger partial charge on any atom is 0.0725 e. The first-order chi connectivity index (χ1) is 21.8. The largest absolute Gasteiger partial charge is 0.308 e. The molecule has 5 nitrogen and oxygen atoms in total. The zero-order valence-electron chi connectivity index (χ0n) is 23.7. The van der Waals surface area contributed by atoms with Crippen LogP contribution in [0, 0.1) is 0 Å². The van der Waals surface area contributed by atoms with Gasteiger partial charge in [0.2, 0.25) is 0 Å². The molecule has 206 valence electrons. The van der Waals surface area contributed by atoms with Crippen molar-refractivity contribution in [3.8, 4) is 33.8 Å². The van der Waals surface area contributed by atoms with Crippen LogP contribution in [0.3, 0.4) is 0 Å². The van der Waals surface area contributed by atoms with E-state index in [2.05, 4.69) is 128 Å². The van der Waals surface area contributed by atoms with Crippen molar-refractivity contribution in [3.63, 3.8) is 0 Å². The Labute approximate surface area is 253 Å². The van der Waals surface area contributed by atoms with Crippen molar-refractivity contribution in [1.29, 1.82) is 0 Å². The third-order valence-corrected chi connectivity index (χ3v) is 8.57. The average Bonchev–Trinajstić information content (AvgIpc) is 3.61. The molecule has 0 saturated carbocycles. The molecule has 0 radical (unpaired) electrons. The van der Waals surface area contributed by atoms with Gasteiger partial charge in [-0.1, -0.05) is 66.7 Å². The lowest BCUT2D eigenvalue weighted by Crippen LogP contribution is -1.94. The number of rotatable bonds is 4. The number of pyridine rings is 3. The van der Waals surface area contributed by atoms with Gasteiger partial charge in [-0.25, -0.2) is 0 Å². The molecule has 0 aliphatic rings. The number of aromatic nitrogens is 5. The van der Waals surface area contributed by atoms with Crippen molar-refractivity contribution in [2.45, 2.75) is 0 Å². The first-order valence-corrected chi connectivity index (χ1v) is 14.7. The van der Waals surface area contributed by atoms with Crippen molar-refractivity contribution in [2.75, 3.05) is 0 Å². The Kier molecular flexibility index (Phi) is 5.43. The van der Waals surface area contributed by atoms with Gasteiger partial charge in [0.05, 0.1) is 46.4 Å². The number of hydrogen-bond acceptors (Lipinski definition) is 3. The molecule has 5 aromatic heterocycles. The predicted molar refractivity (Wildman–Crippen MR) is 179 cm³/mol. The lowest BCUT2D eigenvalue weighted by molar-refractivity contribution is 1.15. The second kappa shape index (κ2) is 9.75. The van der Waals surface area contributed by atoms with Crippen molar-refractivity contribution < 1.29 is 0 Å². The Hall–Kier alpha value is -6.07. The van der Waals surface area contributed by atoms with Gasteiger partial charge in [0.25, 0.3) is 0 Å². The Morgan fingerprint density at radius 1 is 0.386 bits per heavy atom. The normalized spacial score (nSPS) is 11.6. The fraction of sp³-hybridized carbons (Fsp3) is 0. The van der Waals surface area contributed by atoms with Crippen LogP contribution >= 0.6 is 0 Å². The smallest absolute Gasteiger partial charge is 0.0725 e. The van der Waals surface area contributed by atoms with Crippen LogP contribution in [0.4, 0.5) is 0 Å². The van der Waals surface area contributed by atoms with Gasteiger partial charge in [-0.2, -0.15) is 0 Å². The van der Waals surface area contributed by atoms with E-state index in [0.29, 0.717) is 0 Å². The molecule has 4 aromatic carbocycles. The van der Waals surface area contributed by atoms with Crippen molar-refractivity contribution in [3.05, 3.63) is 152 Å². The van der Waals surface area contributed by atoms with E-state index in [1.54, 1.807) is 0 Å². The summed E-state index contributed by atoms with van der Waals surface area (Å²) in [4.78, 5) is 13.8. The van der Waals surface area contributed by atoms with Crippen LogP contribution < -0.4 is 0 Å². The number of hydrogen-bond donors (Lipinski definition) is 0. The molecule has 5 heteroatoms. The molecule has 9 aromatic rings. The molecule has 0 fully saturated rings. The van der Waals surface area contributed by atoms with Crippen LogP contribution in [-0.4, -0.2) is 24.1 Å². The molecular formula is C39H25N5. The number of para-hydroxylation sites is 2. The zero-order valence-corrected chi connectivity index (χ0v) is 23.7. The number of nitrogens with zero attached hydrogens (tertiary/aromatic N) is 5. The molecule has 0 N–H and O–H groups in total. The zero-order chi connectivity index (χ0) is 29.0. The molecule has 0 spiro atoms. The summed E-state index contributed by atoms with van der Waals surface area (Å²) in [6.07, 6.45) is 9.60. The summed E-state index contributed by atoms with van der Waals surface area (Å²) < 4.78 is 4.52. The topological polar surface area (TPSA) is 48.5 Å². The molecule has 0 atom stereocenters. The maximum absolute atomic E-state index is 4.92. The first kappa shape index (κ1) is 24.5. The van der Waals surface area contributed by atoms with E-state index < -0.39 is 0 Å². The van der Waals surface area contributed by atoms with Gasteiger partial charge in [0, 0.05) is 50.9 Å². The first-order valence-electron chi connectivity index (χ1n) is 14.7. The van der Waals surface area contributed by atoms with Crippen LogP contribution in [0.5, 0.6) is 0 Å². The van der Waals surface area contributed by atoms with E-state index >= 15 is 0 Å². The molecule has 5 heterocycles. The molecule has 44 heavy (non-hydrogen) atoms. The van der Waals surface area contributed by atoms with Crippen molar-refractivity contribution in [1.82, 2.24) is 24.1 Å². The number of fused-ring (bicyclic) bond motifs is 6. The van der Waals surface area contributed by atoms with Crippen LogP contribution in [-0.2, 0) is 0 Å².